The maximum absolute atomic E-state index is 12.5. The molecule has 2 aliphatic heterocycles. The molecule has 7 heteroatoms. The first kappa shape index (κ1) is 18.6. The molecule has 0 radical (unpaired) electrons. The van der Waals surface area contributed by atoms with Gasteiger partial charge in [0, 0.05) is 45.0 Å². The predicted octanol–water partition coefficient (Wildman–Crippen LogP) is 2.40. The molecule has 3 heterocycles. The van der Waals surface area contributed by atoms with Gasteiger partial charge in [-0.25, -0.2) is 13.4 Å². The second-order valence-corrected chi connectivity index (χ2v) is 9.54. The fraction of sp³-hybridized carbons (Fsp3) is 0.722. The number of sulfonamides is 1. The van der Waals surface area contributed by atoms with Crippen molar-refractivity contribution in [1.82, 2.24) is 14.2 Å². The summed E-state index contributed by atoms with van der Waals surface area (Å²) in [5, 5.41) is 3.46. The first-order chi connectivity index (χ1) is 11.9. The lowest BCUT2D eigenvalue weighted by Crippen LogP contribution is -2.40. The van der Waals surface area contributed by atoms with Gasteiger partial charge in [-0.3, -0.25) is 0 Å². The molecule has 3 rings (SSSR count). The van der Waals surface area contributed by atoms with Crippen molar-refractivity contribution in [1.29, 1.82) is 0 Å². The number of piperidine rings is 1. The van der Waals surface area contributed by atoms with Crippen molar-refractivity contribution in [3.8, 4) is 0 Å². The summed E-state index contributed by atoms with van der Waals surface area (Å²) < 4.78 is 26.6. The summed E-state index contributed by atoms with van der Waals surface area (Å²) >= 11 is 0. The van der Waals surface area contributed by atoms with E-state index in [-0.39, 0.29) is 0 Å². The van der Waals surface area contributed by atoms with Crippen LogP contribution in [0.15, 0.2) is 23.2 Å². The Hall–Kier alpha value is -1.18. The maximum Gasteiger partial charge on any atom is 0.244 e. The molecule has 0 amide bonds. The second-order valence-electron chi connectivity index (χ2n) is 7.60. The quantitative estimate of drug-likeness (QED) is 0.837. The average molecular weight is 367 g/mol. The third-order valence-corrected chi connectivity index (χ3v) is 6.88. The molecule has 0 unspecified atom stereocenters. The Balaban J connectivity index is 1.55. The molecule has 1 N–H and O–H groups in total. The topological polar surface area (TPSA) is 65.5 Å². The van der Waals surface area contributed by atoms with E-state index in [0.717, 1.165) is 51.1 Å². The SMILES string of the molecule is CC(C)CN1CCC(Nc2ccc(S(=O)(=O)N3CCCC3)cn2)CC1. The lowest BCUT2D eigenvalue weighted by Gasteiger charge is -2.33. The Bertz CT molecular complexity index is 646. The number of rotatable bonds is 6. The fourth-order valence-corrected chi connectivity index (χ4v) is 5.14. The molecule has 2 fully saturated rings. The Morgan fingerprint density at radius 3 is 2.40 bits per heavy atom. The van der Waals surface area contributed by atoms with Gasteiger partial charge in [0.1, 0.15) is 10.7 Å². The monoisotopic (exact) mass is 366 g/mol. The molecule has 0 spiro atoms. The van der Waals surface area contributed by atoms with Crippen LogP contribution in [-0.2, 0) is 10.0 Å². The lowest BCUT2D eigenvalue weighted by atomic mass is 10.0. The summed E-state index contributed by atoms with van der Waals surface area (Å²) in [5.41, 5.74) is 0. The molecule has 0 aliphatic carbocycles. The molecule has 1 aromatic heterocycles. The highest BCUT2D eigenvalue weighted by Gasteiger charge is 2.27. The van der Waals surface area contributed by atoms with Gasteiger partial charge in [0.15, 0.2) is 0 Å². The van der Waals surface area contributed by atoms with Crippen LogP contribution in [0.5, 0.6) is 0 Å². The van der Waals surface area contributed by atoms with E-state index in [0.29, 0.717) is 29.9 Å². The minimum atomic E-state index is -3.37. The van der Waals surface area contributed by atoms with Crippen LogP contribution in [0.25, 0.3) is 0 Å². The third-order valence-electron chi connectivity index (χ3n) is 5.00. The van der Waals surface area contributed by atoms with E-state index in [2.05, 4.69) is 29.0 Å². The van der Waals surface area contributed by atoms with E-state index in [1.165, 1.54) is 6.20 Å². The van der Waals surface area contributed by atoms with Crippen LogP contribution >= 0.6 is 0 Å². The van der Waals surface area contributed by atoms with E-state index >= 15 is 0 Å². The highest BCUT2D eigenvalue weighted by Crippen LogP contribution is 2.22. The van der Waals surface area contributed by atoms with Gasteiger partial charge in [0.2, 0.25) is 10.0 Å². The van der Waals surface area contributed by atoms with Crippen molar-refractivity contribution < 1.29 is 8.42 Å². The highest BCUT2D eigenvalue weighted by atomic mass is 32.2. The number of hydrogen-bond donors (Lipinski definition) is 1. The third kappa shape index (κ3) is 4.71. The van der Waals surface area contributed by atoms with Crippen molar-refractivity contribution in [2.45, 2.75) is 50.5 Å². The van der Waals surface area contributed by atoms with E-state index in [1.807, 2.05) is 0 Å². The number of nitrogens with one attached hydrogen (secondary N) is 1. The molecule has 0 bridgehead atoms. The Morgan fingerprint density at radius 2 is 1.84 bits per heavy atom. The zero-order valence-corrected chi connectivity index (χ0v) is 16.1. The van der Waals surface area contributed by atoms with Gasteiger partial charge >= 0.3 is 0 Å². The van der Waals surface area contributed by atoms with E-state index in [1.54, 1.807) is 16.4 Å². The summed E-state index contributed by atoms with van der Waals surface area (Å²) in [5.74, 6) is 1.47. The molecular formula is C18H30N4O2S. The smallest absolute Gasteiger partial charge is 0.244 e. The van der Waals surface area contributed by atoms with Gasteiger partial charge in [-0.1, -0.05) is 13.8 Å². The number of anilines is 1. The van der Waals surface area contributed by atoms with Crippen molar-refractivity contribution in [3.63, 3.8) is 0 Å². The Labute approximate surface area is 151 Å². The van der Waals surface area contributed by atoms with Gasteiger partial charge in [0.05, 0.1) is 0 Å². The van der Waals surface area contributed by atoms with Gasteiger partial charge < -0.3 is 10.2 Å². The fourth-order valence-electron chi connectivity index (χ4n) is 3.68. The van der Waals surface area contributed by atoms with Crippen LogP contribution in [0, 0.1) is 5.92 Å². The standard InChI is InChI=1S/C18H30N4O2S/c1-15(2)14-21-11-7-16(8-12-21)20-18-6-5-17(13-19-18)25(23,24)22-9-3-4-10-22/h5-6,13,15-16H,3-4,7-12,14H2,1-2H3,(H,19,20). The molecule has 2 saturated heterocycles. The Morgan fingerprint density at radius 1 is 1.16 bits per heavy atom. The first-order valence-corrected chi connectivity index (χ1v) is 10.8. The van der Waals surface area contributed by atoms with Crippen LogP contribution in [0.4, 0.5) is 5.82 Å². The number of nitrogens with zero attached hydrogens (tertiary/aromatic N) is 3. The molecule has 0 atom stereocenters. The maximum atomic E-state index is 12.5. The average Bonchev–Trinajstić information content (AvgIpc) is 3.12. The summed E-state index contributed by atoms with van der Waals surface area (Å²) in [6, 6.07) is 3.89. The molecule has 1 aromatic rings. The number of pyridine rings is 1. The summed E-state index contributed by atoms with van der Waals surface area (Å²) in [6.45, 7) is 9.13. The second kappa shape index (κ2) is 8.01. The summed E-state index contributed by atoms with van der Waals surface area (Å²) in [4.78, 5) is 7.16. The molecule has 0 aromatic carbocycles. The first-order valence-electron chi connectivity index (χ1n) is 9.40. The molecule has 0 saturated carbocycles. The normalized spacial score (nSPS) is 21.1. The number of hydrogen-bond acceptors (Lipinski definition) is 5. The zero-order chi connectivity index (χ0) is 17.9. The molecule has 25 heavy (non-hydrogen) atoms. The van der Waals surface area contributed by atoms with E-state index in [9.17, 15) is 8.42 Å². The van der Waals surface area contributed by atoms with Crippen LogP contribution in [0.1, 0.15) is 39.5 Å². The minimum Gasteiger partial charge on any atom is -0.367 e. The number of likely N-dealkylation sites (tertiary alicyclic amines) is 1. The van der Waals surface area contributed by atoms with Crippen LogP contribution in [0.3, 0.4) is 0 Å². The molecule has 2 aliphatic rings. The van der Waals surface area contributed by atoms with Gasteiger partial charge in [-0.15, -0.1) is 0 Å². The molecular weight excluding hydrogens is 336 g/mol. The van der Waals surface area contributed by atoms with E-state index < -0.39 is 10.0 Å². The van der Waals surface area contributed by atoms with Gasteiger partial charge in [-0.2, -0.15) is 4.31 Å². The minimum absolute atomic E-state index is 0.298. The molecule has 6 nitrogen and oxygen atoms in total. The van der Waals surface area contributed by atoms with Crippen molar-refractivity contribution in [2.75, 3.05) is 38.0 Å². The van der Waals surface area contributed by atoms with Crippen LogP contribution in [-0.4, -0.2) is 61.4 Å². The van der Waals surface area contributed by atoms with Gasteiger partial charge in [-0.05, 0) is 43.7 Å². The van der Waals surface area contributed by atoms with Crippen LogP contribution in [0.2, 0.25) is 0 Å². The molecule has 140 valence electrons. The highest BCUT2D eigenvalue weighted by molar-refractivity contribution is 7.89. The van der Waals surface area contributed by atoms with Crippen molar-refractivity contribution in [3.05, 3.63) is 18.3 Å². The van der Waals surface area contributed by atoms with Gasteiger partial charge in [0.25, 0.3) is 0 Å². The number of aromatic nitrogens is 1. The summed E-state index contributed by atoms with van der Waals surface area (Å²) in [6.07, 6.45) is 5.58. The summed E-state index contributed by atoms with van der Waals surface area (Å²) in [7, 11) is -3.37. The van der Waals surface area contributed by atoms with E-state index in [4.69, 9.17) is 0 Å². The van der Waals surface area contributed by atoms with Crippen molar-refractivity contribution >= 4 is 15.8 Å². The van der Waals surface area contributed by atoms with Crippen molar-refractivity contribution in [2.24, 2.45) is 5.92 Å². The largest absolute Gasteiger partial charge is 0.367 e. The zero-order valence-electron chi connectivity index (χ0n) is 15.3. The van der Waals surface area contributed by atoms with Crippen LogP contribution < -0.4 is 5.32 Å². The predicted molar refractivity (Wildman–Crippen MR) is 100 cm³/mol. The lowest BCUT2D eigenvalue weighted by molar-refractivity contribution is 0.198. The Kier molecular flexibility index (Phi) is 5.96.